The third kappa shape index (κ3) is 2.96. The number of hydrogen-bond acceptors (Lipinski definition) is 6. The molecular weight excluding hydrogens is 363 g/mol. The SMILES string of the molecule is O=C(O)C[C@H]1Sc2nnc(-c3ccccc3F)n2N=C1c1cccs1. The first-order valence-corrected chi connectivity index (χ1v) is 9.11. The van der Waals surface area contributed by atoms with Gasteiger partial charge >= 0.3 is 5.97 Å². The van der Waals surface area contributed by atoms with Crippen molar-refractivity contribution in [3.63, 3.8) is 0 Å². The minimum atomic E-state index is -0.913. The molecule has 126 valence electrons. The van der Waals surface area contributed by atoms with Crippen molar-refractivity contribution in [2.24, 2.45) is 5.10 Å². The van der Waals surface area contributed by atoms with Crippen LogP contribution in [0.5, 0.6) is 0 Å². The molecule has 1 aliphatic rings. The number of aliphatic carboxylic acids is 1. The van der Waals surface area contributed by atoms with Gasteiger partial charge in [0, 0.05) is 0 Å². The molecule has 0 spiro atoms. The normalized spacial score (nSPS) is 16.4. The van der Waals surface area contributed by atoms with Crippen molar-refractivity contribution in [2.45, 2.75) is 16.8 Å². The summed E-state index contributed by atoms with van der Waals surface area (Å²) in [5.74, 6) is -1.03. The van der Waals surface area contributed by atoms with E-state index < -0.39 is 11.8 Å². The number of fused-ring (bicyclic) bond motifs is 1. The van der Waals surface area contributed by atoms with Crippen LogP contribution in [0.15, 0.2) is 52.0 Å². The lowest BCUT2D eigenvalue weighted by Crippen LogP contribution is -2.26. The van der Waals surface area contributed by atoms with Gasteiger partial charge in [-0.15, -0.1) is 21.5 Å². The molecule has 3 aromatic rings. The van der Waals surface area contributed by atoms with Gasteiger partial charge in [-0.05, 0) is 23.6 Å². The molecule has 1 atom stereocenters. The second-order valence-electron chi connectivity index (χ2n) is 5.26. The maximum Gasteiger partial charge on any atom is 0.304 e. The summed E-state index contributed by atoms with van der Waals surface area (Å²) in [7, 11) is 0. The minimum absolute atomic E-state index is 0.0801. The number of carbonyl (C=O) groups is 1. The molecule has 0 saturated heterocycles. The van der Waals surface area contributed by atoms with Crippen LogP contribution in [-0.2, 0) is 4.79 Å². The summed E-state index contributed by atoms with van der Waals surface area (Å²) in [4.78, 5) is 12.1. The Labute approximate surface area is 150 Å². The molecule has 6 nitrogen and oxygen atoms in total. The fraction of sp³-hybridized carbons (Fsp3) is 0.125. The Bertz CT molecular complexity index is 968. The first-order chi connectivity index (χ1) is 12.1. The van der Waals surface area contributed by atoms with Gasteiger partial charge in [-0.25, -0.2) is 4.39 Å². The number of benzene rings is 1. The Kier molecular flexibility index (Phi) is 4.10. The molecule has 0 saturated carbocycles. The Morgan fingerprint density at radius 3 is 2.80 bits per heavy atom. The molecule has 3 heterocycles. The number of thioether (sulfide) groups is 1. The third-order valence-corrected chi connectivity index (χ3v) is 5.65. The molecule has 0 amide bonds. The van der Waals surface area contributed by atoms with Gasteiger partial charge < -0.3 is 5.11 Å². The maximum absolute atomic E-state index is 14.1. The molecule has 2 aromatic heterocycles. The molecule has 0 aliphatic carbocycles. The predicted molar refractivity (Wildman–Crippen MR) is 93.6 cm³/mol. The highest BCUT2D eigenvalue weighted by atomic mass is 32.2. The van der Waals surface area contributed by atoms with E-state index in [1.165, 1.54) is 33.8 Å². The number of aromatic nitrogens is 3. The fourth-order valence-corrected chi connectivity index (χ4v) is 4.44. The lowest BCUT2D eigenvalue weighted by atomic mass is 10.1. The lowest BCUT2D eigenvalue weighted by molar-refractivity contribution is -0.136. The summed E-state index contributed by atoms with van der Waals surface area (Å²) in [6.07, 6.45) is -0.0801. The van der Waals surface area contributed by atoms with Crippen LogP contribution < -0.4 is 0 Å². The summed E-state index contributed by atoms with van der Waals surface area (Å²) in [5, 5.41) is 23.9. The molecule has 1 aliphatic heterocycles. The van der Waals surface area contributed by atoms with Crippen molar-refractivity contribution in [1.82, 2.24) is 14.9 Å². The molecule has 9 heteroatoms. The van der Waals surface area contributed by atoms with E-state index in [-0.39, 0.29) is 11.7 Å². The summed E-state index contributed by atoms with van der Waals surface area (Å²) in [5.41, 5.74) is 0.931. The zero-order valence-corrected chi connectivity index (χ0v) is 14.3. The van der Waals surface area contributed by atoms with Crippen molar-refractivity contribution in [2.75, 3.05) is 0 Å². The lowest BCUT2D eigenvalue weighted by Gasteiger charge is -2.21. The molecule has 0 radical (unpaired) electrons. The molecule has 4 rings (SSSR count). The second-order valence-corrected chi connectivity index (χ2v) is 7.38. The van der Waals surface area contributed by atoms with E-state index >= 15 is 0 Å². The maximum atomic E-state index is 14.1. The standard InChI is InChI=1S/C16H11FN4O2S2/c17-10-5-2-1-4-9(10)15-18-19-16-21(15)20-14(11-6-3-7-24-11)12(25-16)8-13(22)23/h1-7,12H,8H2,(H,22,23)/t12-/m1/s1. The van der Waals surface area contributed by atoms with Gasteiger partial charge in [0.1, 0.15) is 5.82 Å². The monoisotopic (exact) mass is 374 g/mol. The number of carboxylic acids is 1. The third-order valence-electron chi connectivity index (χ3n) is 3.62. The highest BCUT2D eigenvalue weighted by Gasteiger charge is 2.31. The van der Waals surface area contributed by atoms with Crippen LogP contribution in [0.25, 0.3) is 11.4 Å². The van der Waals surface area contributed by atoms with E-state index in [2.05, 4.69) is 15.3 Å². The predicted octanol–water partition coefficient (Wildman–Crippen LogP) is 3.35. The van der Waals surface area contributed by atoms with Crippen LogP contribution in [0.1, 0.15) is 11.3 Å². The van der Waals surface area contributed by atoms with E-state index in [9.17, 15) is 14.3 Å². The molecule has 1 N–H and O–H groups in total. The number of nitrogens with zero attached hydrogens (tertiary/aromatic N) is 4. The topological polar surface area (TPSA) is 80.4 Å². The molecule has 25 heavy (non-hydrogen) atoms. The molecule has 0 bridgehead atoms. The molecule has 0 fully saturated rings. The molecular formula is C16H11FN4O2S2. The van der Waals surface area contributed by atoms with Gasteiger partial charge in [-0.1, -0.05) is 30.0 Å². The van der Waals surface area contributed by atoms with Gasteiger partial charge in [0.15, 0.2) is 5.82 Å². The van der Waals surface area contributed by atoms with Crippen molar-refractivity contribution in [1.29, 1.82) is 0 Å². The summed E-state index contributed by atoms with van der Waals surface area (Å²) < 4.78 is 15.6. The van der Waals surface area contributed by atoms with Crippen LogP contribution in [0.4, 0.5) is 4.39 Å². The molecule has 1 aromatic carbocycles. The van der Waals surface area contributed by atoms with E-state index in [0.717, 1.165) is 4.88 Å². The van der Waals surface area contributed by atoms with Crippen LogP contribution in [0.3, 0.4) is 0 Å². The van der Waals surface area contributed by atoms with E-state index in [1.54, 1.807) is 18.2 Å². The number of hydrogen-bond donors (Lipinski definition) is 1. The average Bonchev–Trinajstić information content (AvgIpc) is 3.23. The number of halogens is 1. The van der Waals surface area contributed by atoms with Crippen LogP contribution in [-0.4, -0.2) is 36.9 Å². The van der Waals surface area contributed by atoms with Crippen LogP contribution >= 0.6 is 23.1 Å². The highest BCUT2D eigenvalue weighted by molar-refractivity contribution is 8.00. The van der Waals surface area contributed by atoms with E-state index in [1.807, 2.05) is 17.5 Å². The fourth-order valence-electron chi connectivity index (χ4n) is 2.52. The Balaban J connectivity index is 1.84. The van der Waals surface area contributed by atoms with Crippen LogP contribution in [0, 0.1) is 5.82 Å². The van der Waals surface area contributed by atoms with Gasteiger partial charge in [-0.3, -0.25) is 4.79 Å². The number of thiophene rings is 1. The molecule has 0 unspecified atom stereocenters. The van der Waals surface area contributed by atoms with E-state index in [4.69, 9.17) is 0 Å². The summed E-state index contributed by atoms with van der Waals surface area (Å²) in [6.45, 7) is 0. The van der Waals surface area contributed by atoms with Gasteiger partial charge in [0.2, 0.25) is 5.16 Å². The summed E-state index contributed by atoms with van der Waals surface area (Å²) >= 11 is 2.75. The second kappa shape index (κ2) is 6.41. The van der Waals surface area contributed by atoms with E-state index in [0.29, 0.717) is 22.3 Å². The first kappa shape index (κ1) is 16.0. The number of carboxylic acid groups (broad SMARTS) is 1. The smallest absolute Gasteiger partial charge is 0.304 e. The van der Waals surface area contributed by atoms with Crippen LogP contribution in [0.2, 0.25) is 0 Å². The van der Waals surface area contributed by atoms with Crippen molar-refractivity contribution in [3.05, 3.63) is 52.5 Å². The van der Waals surface area contributed by atoms with Crippen molar-refractivity contribution >= 4 is 34.8 Å². The van der Waals surface area contributed by atoms with Gasteiger partial charge in [0.05, 0.1) is 27.8 Å². The van der Waals surface area contributed by atoms with Crippen molar-refractivity contribution in [3.8, 4) is 11.4 Å². The average molecular weight is 374 g/mol. The Morgan fingerprint density at radius 2 is 2.08 bits per heavy atom. The largest absolute Gasteiger partial charge is 0.481 e. The van der Waals surface area contributed by atoms with Gasteiger partial charge in [-0.2, -0.15) is 9.78 Å². The quantitative estimate of drug-likeness (QED) is 0.757. The minimum Gasteiger partial charge on any atom is -0.481 e. The zero-order valence-electron chi connectivity index (χ0n) is 12.7. The highest BCUT2D eigenvalue weighted by Crippen LogP contribution is 2.35. The Hall–Kier alpha value is -2.52. The first-order valence-electron chi connectivity index (χ1n) is 7.35. The Morgan fingerprint density at radius 1 is 1.24 bits per heavy atom. The summed E-state index contributed by atoms with van der Waals surface area (Å²) in [6, 6.07) is 10.0. The van der Waals surface area contributed by atoms with Crippen molar-refractivity contribution < 1.29 is 14.3 Å². The zero-order chi connectivity index (χ0) is 17.4. The number of rotatable bonds is 4. The van der Waals surface area contributed by atoms with Gasteiger partial charge in [0.25, 0.3) is 0 Å².